The van der Waals surface area contributed by atoms with Gasteiger partial charge in [0.05, 0.1) is 9.88 Å². The van der Waals surface area contributed by atoms with E-state index < -0.39 is 0 Å². The van der Waals surface area contributed by atoms with E-state index in [4.69, 9.17) is 7.85 Å². The van der Waals surface area contributed by atoms with Gasteiger partial charge in [0.15, 0.2) is 0 Å². The van der Waals surface area contributed by atoms with Gasteiger partial charge < -0.3 is 0 Å². The molecule has 62 valence electrons. The fourth-order valence-electron chi connectivity index (χ4n) is 1.14. The van der Waals surface area contributed by atoms with Gasteiger partial charge in [-0.15, -0.1) is 11.3 Å². The van der Waals surface area contributed by atoms with E-state index in [1.165, 1.54) is 10.4 Å². The highest BCUT2D eigenvalue weighted by Crippen LogP contribution is 2.24. The first kappa shape index (κ1) is 8.51. The summed E-state index contributed by atoms with van der Waals surface area (Å²) in [7, 11) is 5.60. The first-order valence-corrected chi connectivity index (χ1v) is 4.86. The average Bonchev–Trinajstić information content (AvgIpc) is 2.53. The Morgan fingerprint density at radius 1 is 1.23 bits per heavy atom. The topological polar surface area (TPSA) is 12.9 Å². The average molecular weight is 185 g/mol. The van der Waals surface area contributed by atoms with E-state index in [9.17, 15) is 0 Å². The smallest absolute Gasteiger partial charge is 0.113 e. The van der Waals surface area contributed by atoms with Crippen LogP contribution in [0.1, 0.15) is 5.01 Å². The molecule has 0 aliphatic heterocycles. The minimum atomic E-state index is 0.796. The normalized spacial score (nSPS) is 10.2. The van der Waals surface area contributed by atoms with Crippen molar-refractivity contribution in [1.29, 1.82) is 0 Å². The van der Waals surface area contributed by atoms with Gasteiger partial charge in [-0.1, -0.05) is 29.7 Å². The molecule has 0 N–H and O–H groups in total. The summed E-state index contributed by atoms with van der Waals surface area (Å²) in [5.41, 5.74) is 1.98. The molecule has 1 heterocycles. The van der Waals surface area contributed by atoms with Gasteiger partial charge in [0, 0.05) is 6.20 Å². The van der Waals surface area contributed by atoms with Crippen LogP contribution in [0.25, 0.3) is 10.4 Å². The number of aryl methyl sites for hydroxylation is 1. The lowest BCUT2D eigenvalue weighted by Gasteiger charge is -1.96. The van der Waals surface area contributed by atoms with E-state index in [-0.39, 0.29) is 0 Å². The Morgan fingerprint density at radius 3 is 2.46 bits per heavy atom. The van der Waals surface area contributed by atoms with Crippen LogP contribution in [0.5, 0.6) is 0 Å². The lowest BCUT2D eigenvalue weighted by Crippen LogP contribution is -1.98. The Balaban J connectivity index is 2.41. The summed E-state index contributed by atoms with van der Waals surface area (Å²) in [6.45, 7) is 2.01. The first-order chi connectivity index (χ1) is 6.25. The molecule has 1 aromatic heterocycles. The summed E-state index contributed by atoms with van der Waals surface area (Å²) in [5, 5.41) is 1.09. The molecule has 0 atom stereocenters. The van der Waals surface area contributed by atoms with Crippen LogP contribution in [0.4, 0.5) is 0 Å². The molecule has 0 unspecified atom stereocenters. The molecule has 0 bridgehead atoms. The van der Waals surface area contributed by atoms with Crippen LogP contribution in [-0.2, 0) is 0 Å². The number of nitrogens with zero attached hydrogens (tertiary/aromatic N) is 1. The minimum Gasteiger partial charge on any atom is -0.249 e. The molecule has 2 aromatic rings. The zero-order chi connectivity index (χ0) is 9.26. The van der Waals surface area contributed by atoms with Crippen molar-refractivity contribution in [3.63, 3.8) is 0 Å². The van der Waals surface area contributed by atoms with Gasteiger partial charge in [0.25, 0.3) is 0 Å². The predicted molar refractivity (Wildman–Crippen MR) is 57.7 cm³/mol. The van der Waals surface area contributed by atoms with E-state index in [0.29, 0.717) is 0 Å². The van der Waals surface area contributed by atoms with E-state index in [0.717, 1.165) is 10.5 Å². The molecule has 13 heavy (non-hydrogen) atoms. The van der Waals surface area contributed by atoms with Crippen LogP contribution < -0.4 is 5.46 Å². The molecule has 1 aromatic carbocycles. The summed E-state index contributed by atoms with van der Waals surface area (Å²) in [6, 6.07) is 7.85. The summed E-state index contributed by atoms with van der Waals surface area (Å²) in [5.74, 6) is 0. The van der Waals surface area contributed by atoms with Crippen LogP contribution in [-0.4, -0.2) is 12.8 Å². The highest BCUT2D eigenvalue weighted by atomic mass is 32.1. The standard InChI is InChI=1S/C10H8BNS/c1-7-12-6-10(13-7)8-2-4-9(11)5-3-8/h2-6H,1H3. The van der Waals surface area contributed by atoms with Crippen molar-refractivity contribution in [2.75, 3.05) is 0 Å². The summed E-state index contributed by atoms with van der Waals surface area (Å²) >= 11 is 1.69. The zero-order valence-electron chi connectivity index (χ0n) is 7.32. The van der Waals surface area contributed by atoms with Gasteiger partial charge in [-0.25, -0.2) is 4.98 Å². The fourth-order valence-corrected chi connectivity index (χ4v) is 1.93. The van der Waals surface area contributed by atoms with Crippen molar-refractivity contribution >= 4 is 24.6 Å². The zero-order valence-corrected chi connectivity index (χ0v) is 8.14. The van der Waals surface area contributed by atoms with Crippen LogP contribution >= 0.6 is 11.3 Å². The van der Waals surface area contributed by atoms with Crippen molar-refractivity contribution < 1.29 is 0 Å². The maximum absolute atomic E-state index is 5.60. The number of hydrogen-bond acceptors (Lipinski definition) is 2. The van der Waals surface area contributed by atoms with Gasteiger partial charge in [-0.05, 0) is 12.5 Å². The van der Waals surface area contributed by atoms with Crippen LogP contribution in [0.15, 0.2) is 30.5 Å². The molecule has 2 radical (unpaired) electrons. The Kier molecular flexibility index (Phi) is 2.19. The van der Waals surface area contributed by atoms with E-state index in [1.807, 2.05) is 37.4 Å². The third-order valence-corrected chi connectivity index (χ3v) is 2.78. The predicted octanol–water partition coefficient (Wildman–Crippen LogP) is 1.91. The van der Waals surface area contributed by atoms with Gasteiger partial charge in [0.2, 0.25) is 0 Å². The van der Waals surface area contributed by atoms with Crippen molar-refractivity contribution in [3.05, 3.63) is 35.5 Å². The maximum atomic E-state index is 5.60. The summed E-state index contributed by atoms with van der Waals surface area (Å²) < 4.78 is 0. The highest BCUT2D eigenvalue weighted by molar-refractivity contribution is 7.15. The number of benzene rings is 1. The monoisotopic (exact) mass is 185 g/mol. The quantitative estimate of drug-likeness (QED) is 0.618. The number of hydrogen-bond donors (Lipinski definition) is 0. The number of rotatable bonds is 1. The van der Waals surface area contributed by atoms with Crippen LogP contribution in [0, 0.1) is 6.92 Å². The molecule has 0 fully saturated rings. The largest absolute Gasteiger partial charge is 0.249 e. The molecule has 0 spiro atoms. The van der Waals surface area contributed by atoms with Gasteiger partial charge in [-0.3, -0.25) is 0 Å². The second-order valence-electron chi connectivity index (χ2n) is 2.87. The lowest BCUT2D eigenvalue weighted by molar-refractivity contribution is 1.30. The van der Waals surface area contributed by atoms with E-state index in [1.54, 1.807) is 11.3 Å². The third-order valence-electron chi connectivity index (χ3n) is 1.82. The molecule has 0 saturated carbocycles. The van der Waals surface area contributed by atoms with E-state index >= 15 is 0 Å². The second-order valence-corrected chi connectivity index (χ2v) is 4.10. The molecule has 0 aliphatic rings. The Labute approximate surface area is 82.9 Å². The maximum Gasteiger partial charge on any atom is 0.113 e. The summed E-state index contributed by atoms with van der Waals surface area (Å²) in [6.07, 6.45) is 1.89. The van der Waals surface area contributed by atoms with Crippen molar-refractivity contribution in [2.45, 2.75) is 6.92 Å². The first-order valence-electron chi connectivity index (χ1n) is 4.04. The third kappa shape index (κ3) is 1.81. The SMILES string of the molecule is [B]c1ccc(-c2cnc(C)s2)cc1. The molecular formula is C10H8BNS. The lowest BCUT2D eigenvalue weighted by atomic mass is 9.95. The van der Waals surface area contributed by atoms with Crippen molar-refractivity contribution in [3.8, 4) is 10.4 Å². The second kappa shape index (κ2) is 3.34. The van der Waals surface area contributed by atoms with Crippen molar-refractivity contribution in [2.24, 2.45) is 0 Å². The Bertz CT molecular complexity index is 405. The van der Waals surface area contributed by atoms with Gasteiger partial charge in [0.1, 0.15) is 7.85 Å². The molecule has 1 nitrogen and oxygen atoms in total. The van der Waals surface area contributed by atoms with Crippen LogP contribution in [0.3, 0.4) is 0 Å². The molecule has 0 aliphatic carbocycles. The van der Waals surface area contributed by atoms with Crippen molar-refractivity contribution in [1.82, 2.24) is 4.98 Å². The summed E-state index contributed by atoms with van der Waals surface area (Å²) in [4.78, 5) is 5.39. The number of thiazole rings is 1. The molecule has 0 saturated heterocycles. The molecule has 0 amide bonds. The van der Waals surface area contributed by atoms with Gasteiger partial charge >= 0.3 is 0 Å². The highest BCUT2D eigenvalue weighted by Gasteiger charge is 1.99. The van der Waals surface area contributed by atoms with Gasteiger partial charge in [-0.2, -0.15) is 0 Å². The Morgan fingerprint density at radius 2 is 1.92 bits per heavy atom. The molecule has 3 heteroatoms. The minimum absolute atomic E-state index is 0.796. The fraction of sp³-hybridized carbons (Fsp3) is 0.100. The molecular weight excluding hydrogens is 177 g/mol. The van der Waals surface area contributed by atoms with E-state index in [2.05, 4.69) is 4.98 Å². The Hall–Kier alpha value is -1.09. The molecule has 2 rings (SSSR count). The number of aromatic nitrogens is 1. The van der Waals surface area contributed by atoms with Crippen LogP contribution in [0.2, 0.25) is 0 Å².